The highest BCUT2D eigenvalue weighted by Crippen LogP contribution is 1.92. The Morgan fingerprint density at radius 1 is 1.29 bits per heavy atom. The second kappa shape index (κ2) is 9.63. The summed E-state index contributed by atoms with van der Waals surface area (Å²) in [5.41, 5.74) is 0. The van der Waals surface area contributed by atoms with Crippen molar-refractivity contribution < 1.29 is 9.41 Å². The zero-order chi connectivity index (χ0) is 4.28. The molecular formula is C4H13AlF2. The molecule has 0 aromatic rings. The summed E-state index contributed by atoms with van der Waals surface area (Å²) >= 11 is 1.37. The smallest absolute Gasteiger partial charge is 0.212 e. The van der Waals surface area contributed by atoms with Crippen molar-refractivity contribution in [3.05, 3.63) is 0 Å². The van der Waals surface area contributed by atoms with E-state index in [9.17, 15) is 0 Å². The molecule has 0 saturated carbocycles. The van der Waals surface area contributed by atoms with Gasteiger partial charge in [-0.15, -0.1) is 0 Å². The number of hydrogen-bond acceptors (Lipinski definition) is 0. The van der Waals surface area contributed by atoms with Crippen LogP contribution in [-0.4, -0.2) is 16.3 Å². The van der Waals surface area contributed by atoms with Gasteiger partial charge in [0.15, 0.2) is 0 Å². The maximum absolute atomic E-state index is 2.26. The Labute approximate surface area is 51.5 Å². The Balaban J connectivity index is -0.0000000800. The molecule has 0 atom stereocenters. The SMILES string of the molecule is CC(C)[CH2][AlH2].F.F. The summed E-state index contributed by atoms with van der Waals surface area (Å²) < 4.78 is 0. The van der Waals surface area contributed by atoms with Crippen LogP contribution in [0.2, 0.25) is 5.28 Å². The second-order valence-corrected chi connectivity index (χ2v) is 2.62. The molecule has 0 amide bonds. The van der Waals surface area contributed by atoms with E-state index in [0.29, 0.717) is 0 Å². The minimum Gasteiger partial charge on any atom is -0.269 e. The standard InChI is InChI=1S/C4H9.Al.2FH.2H/c1-4(2)3;;;;;/h4H,1H2,2-3H3;;2*1H;;. The molecule has 46 valence electrons. The van der Waals surface area contributed by atoms with E-state index >= 15 is 0 Å². The van der Waals surface area contributed by atoms with Crippen molar-refractivity contribution in [2.45, 2.75) is 19.1 Å². The van der Waals surface area contributed by atoms with E-state index in [4.69, 9.17) is 0 Å². The first kappa shape index (κ1) is 15.7. The van der Waals surface area contributed by atoms with E-state index in [0.717, 1.165) is 5.92 Å². The first-order valence-electron chi connectivity index (χ1n) is 2.27. The molecule has 0 aliphatic carbocycles. The van der Waals surface area contributed by atoms with Gasteiger partial charge in [0.25, 0.3) is 0 Å². The molecule has 0 N–H and O–H groups in total. The monoisotopic (exact) mass is 126 g/mol. The van der Waals surface area contributed by atoms with E-state index in [2.05, 4.69) is 13.8 Å². The lowest BCUT2D eigenvalue weighted by atomic mass is 10.3. The van der Waals surface area contributed by atoms with Crippen LogP contribution in [-0.2, 0) is 0 Å². The van der Waals surface area contributed by atoms with Gasteiger partial charge < -0.3 is 0 Å². The quantitative estimate of drug-likeness (QED) is 0.460. The molecule has 0 fully saturated rings. The van der Waals surface area contributed by atoms with Gasteiger partial charge >= 0.3 is 0 Å². The van der Waals surface area contributed by atoms with Gasteiger partial charge in [0, 0.05) is 0 Å². The van der Waals surface area contributed by atoms with Crippen LogP contribution in [0.15, 0.2) is 0 Å². The van der Waals surface area contributed by atoms with E-state index in [1.807, 2.05) is 0 Å². The fourth-order valence-corrected chi connectivity index (χ4v) is 0. The zero-order valence-corrected chi connectivity index (χ0v) is 7.10. The van der Waals surface area contributed by atoms with Gasteiger partial charge in [0.2, 0.25) is 16.3 Å². The Hall–Kier alpha value is 0.392. The molecule has 3 heteroatoms. The fraction of sp³-hybridized carbons (Fsp3) is 1.00. The Morgan fingerprint density at radius 3 is 1.43 bits per heavy atom. The van der Waals surface area contributed by atoms with Crippen LogP contribution >= 0.6 is 0 Å². The third-order valence-electron chi connectivity index (χ3n) is 0.816. The highest BCUT2D eigenvalue weighted by molar-refractivity contribution is 6.08. The van der Waals surface area contributed by atoms with Crippen LogP contribution in [0.5, 0.6) is 0 Å². The first-order chi connectivity index (χ1) is 2.27. The molecule has 0 bridgehead atoms. The highest BCUT2D eigenvalue weighted by atomic mass is 27.0. The molecule has 0 aromatic carbocycles. The fourth-order valence-electron chi connectivity index (χ4n) is 0. The summed E-state index contributed by atoms with van der Waals surface area (Å²) in [6, 6.07) is 0. The normalized spacial score (nSPS) is 6.71. The molecule has 0 saturated heterocycles. The van der Waals surface area contributed by atoms with E-state index in [-0.39, 0.29) is 9.41 Å². The molecule has 0 spiro atoms. The molecule has 0 nitrogen and oxygen atoms in total. The minimum atomic E-state index is 0. The van der Waals surface area contributed by atoms with Crippen LogP contribution in [0.4, 0.5) is 9.41 Å². The molecule has 0 rings (SSSR count). The second-order valence-electron chi connectivity index (χ2n) is 1.80. The van der Waals surface area contributed by atoms with Crippen molar-refractivity contribution >= 4 is 16.3 Å². The third-order valence-corrected chi connectivity index (χ3v) is 2.45. The average molecular weight is 126 g/mol. The predicted molar refractivity (Wildman–Crippen MR) is 33.2 cm³/mol. The zero-order valence-electron chi connectivity index (χ0n) is 5.10. The number of hydrogen-bond donors (Lipinski definition) is 0. The molecular weight excluding hydrogens is 113 g/mol. The van der Waals surface area contributed by atoms with Gasteiger partial charge in [-0.3, -0.25) is 9.41 Å². The molecule has 0 radical (unpaired) electrons. The Morgan fingerprint density at radius 2 is 1.43 bits per heavy atom. The van der Waals surface area contributed by atoms with Gasteiger partial charge in [0.1, 0.15) is 0 Å². The van der Waals surface area contributed by atoms with Crippen molar-refractivity contribution in [1.82, 2.24) is 0 Å². The minimum absolute atomic E-state index is 0. The van der Waals surface area contributed by atoms with Crippen LogP contribution in [0.1, 0.15) is 13.8 Å². The van der Waals surface area contributed by atoms with Crippen LogP contribution in [0.25, 0.3) is 0 Å². The maximum atomic E-state index is 2.26. The molecule has 0 aliphatic heterocycles. The largest absolute Gasteiger partial charge is 0.269 e. The van der Waals surface area contributed by atoms with Crippen LogP contribution in [0, 0.1) is 5.92 Å². The molecule has 0 aliphatic rings. The average Bonchev–Trinajstić information content (AvgIpc) is 1.38. The molecule has 0 aromatic heterocycles. The molecule has 7 heavy (non-hydrogen) atoms. The lowest BCUT2D eigenvalue weighted by Gasteiger charge is -1.90. The first-order valence-corrected chi connectivity index (χ1v) is 3.68. The van der Waals surface area contributed by atoms with Crippen LogP contribution < -0.4 is 0 Å². The number of rotatable bonds is 1. The topological polar surface area (TPSA) is 0 Å². The number of halogens is 2. The van der Waals surface area contributed by atoms with Crippen LogP contribution in [0.3, 0.4) is 0 Å². The summed E-state index contributed by atoms with van der Waals surface area (Å²) in [4.78, 5) is 0. The Kier molecular flexibility index (Phi) is 21.5. The van der Waals surface area contributed by atoms with Crippen molar-refractivity contribution in [2.75, 3.05) is 0 Å². The van der Waals surface area contributed by atoms with Gasteiger partial charge in [-0.2, -0.15) is 0 Å². The van der Waals surface area contributed by atoms with Crippen molar-refractivity contribution in [1.29, 1.82) is 0 Å². The maximum Gasteiger partial charge on any atom is 0.212 e. The highest BCUT2D eigenvalue weighted by Gasteiger charge is 1.80. The summed E-state index contributed by atoms with van der Waals surface area (Å²) in [5.74, 6) is 0.946. The molecule has 0 unspecified atom stereocenters. The summed E-state index contributed by atoms with van der Waals surface area (Å²) in [6.45, 7) is 4.51. The summed E-state index contributed by atoms with van der Waals surface area (Å²) in [6.07, 6.45) is 0. The van der Waals surface area contributed by atoms with Crippen molar-refractivity contribution in [3.8, 4) is 0 Å². The predicted octanol–water partition coefficient (Wildman–Crippen LogP) is 0.999. The van der Waals surface area contributed by atoms with E-state index in [1.165, 1.54) is 21.6 Å². The van der Waals surface area contributed by atoms with E-state index in [1.54, 1.807) is 0 Å². The lowest BCUT2D eigenvalue weighted by Crippen LogP contribution is -1.80. The van der Waals surface area contributed by atoms with Gasteiger partial charge in [-0.1, -0.05) is 25.0 Å². The third kappa shape index (κ3) is 21.5. The summed E-state index contributed by atoms with van der Waals surface area (Å²) in [7, 11) is 0. The van der Waals surface area contributed by atoms with Crippen molar-refractivity contribution in [2.24, 2.45) is 5.92 Å². The van der Waals surface area contributed by atoms with Gasteiger partial charge in [-0.05, 0) is 0 Å². The Bertz CT molecular complexity index is 23.7. The summed E-state index contributed by atoms with van der Waals surface area (Å²) in [5, 5.41) is 1.44. The van der Waals surface area contributed by atoms with Gasteiger partial charge in [0.05, 0.1) is 0 Å². The lowest BCUT2D eigenvalue weighted by molar-refractivity contribution is 0.735. The van der Waals surface area contributed by atoms with Crippen molar-refractivity contribution in [3.63, 3.8) is 0 Å². The van der Waals surface area contributed by atoms with Gasteiger partial charge in [-0.25, -0.2) is 0 Å². The van der Waals surface area contributed by atoms with E-state index < -0.39 is 0 Å². The molecule has 0 heterocycles.